The molecule has 2 heterocycles. The van der Waals surface area contributed by atoms with E-state index in [2.05, 4.69) is 35.7 Å². The number of aromatic carboxylic acids is 1. The first-order valence-electron chi connectivity index (χ1n) is 6.26. The quantitative estimate of drug-likeness (QED) is 0.899. The molecule has 1 fully saturated rings. The number of piperazine rings is 1. The van der Waals surface area contributed by atoms with E-state index in [9.17, 15) is 4.79 Å². The molecule has 1 aromatic rings. The van der Waals surface area contributed by atoms with E-state index in [1.54, 1.807) is 6.07 Å². The Hall–Kier alpha value is -1.33. The first-order chi connectivity index (χ1) is 8.90. The number of nitrogens with zero attached hydrogens (tertiary/aromatic N) is 3. The van der Waals surface area contributed by atoms with E-state index in [0.29, 0.717) is 17.9 Å². The third kappa shape index (κ3) is 2.82. The minimum Gasteiger partial charge on any atom is -0.478 e. The lowest BCUT2D eigenvalue weighted by Gasteiger charge is -2.43. The van der Waals surface area contributed by atoms with Gasteiger partial charge in [-0.15, -0.1) is 0 Å². The Bertz CT molecular complexity index is 483. The third-order valence-electron chi connectivity index (χ3n) is 3.76. The van der Waals surface area contributed by atoms with Gasteiger partial charge in [0, 0.05) is 31.4 Å². The number of anilines is 1. The van der Waals surface area contributed by atoms with Crippen molar-refractivity contribution in [3.8, 4) is 0 Å². The number of hydrogen-bond donors (Lipinski definition) is 1. The van der Waals surface area contributed by atoms with Gasteiger partial charge >= 0.3 is 5.97 Å². The Morgan fingerprint density at radius 1 is 1.42 bits per heavy atom. The van der Waals surface area contributed by atoms with E-state index < -0.39 is 5.97 Å². The van der Waals surface area contributed by atoms with Gasteiger partial charge in [0.25, 0.3) is 0 Å². The standard InChI is InChI=1S/C13H18ClN3O2/c1-8-6-17(7-9(2)16(8)3)12-4-10(13(18)19)11(14)5-15-12/h4-5,8-9H,6-7H2,1-3H3,(H,18,19). The Morgan fingerprint density at radius 3 is 2.53 bits per heavy atom. The monoisotopic (exact) mass is 283 g/mol. The normalized spacial score (nSPS) is 24.5. The Kier molecular flexibility index (Phi) is 3.96. The van der Waals surface area contributed by atoms with Crippen molar-refractivity contribution >= 4 is 23.4 Å². The summed E-state index contributed by atoms with van der Waals surface area (Å²) in [5, 5.41) is 9.27. The number of carbonyl (C=O) groups is 1. The molecule has 0 aliphatic carbocycles. The smallest absolute Gasteiger partial charge is 0.337 e. The predicted molar refractivity (Wildman–Crippen MR) is 75.1 cm³/mol. The van der Waals surface area contributed by atoms with Gasteiger partial charge < -0.3 is 10.0 Å². The molecule has 2 unspecified atom stereocenters. The number of aromatic nitrogens is 1. The number of likely N-dealkylation sites (N-methyl/N-ethyl adjacent to an activating group) is 1. The molecule has 6 heteroatoms. The van der Waals surface area contributed by atoms with Crippen LogP contribution >= 0.6 is 11.6 Å². The summed E-state index contributed by atoms with van der Waals surface area (Å²) in [4.78, 5) is 19.8. The van der Waals surface area contributed by atoms with Crippen LogP contribution in [0.5, 0.6) is 0 Å². The number of hydrogen-bond acceptors (Lipinski definition) is 4. The van der Waals surface area contributed by atoms with Gasteiger partial charge in [-0.1, -0.05) is 11.6 Å². The van der Waals surface area contributed by atoms with Crippen LogP contribution in [0.3, 0.4) is 0 Å². The zero-order chi connectivity index (χ0) is 14.2. The van der Waals surface area contributed by atoms with Gasteiger partial charge in [0.2, 0.25) is 0 Å². The molecule has 1 aliphatic heterocycles. The van der Waals surface area contributed by atoms with Crippen LogP contribution in [0.15, 0.2) is 12.3 Å². The fourth-order valence-electron chi connectivity index (χ4n) is 2.36. The molecule has 0 saturated carbocycles. The summed E-state index contributed by atoms with van der Waals surface area (Å²) in [6.45, 7) is 5.95. The summed E-state index contributed by atoms with van der Waals surface area (Å²) in [6, 6.07) is 2.35. The lowest BCUT2D eigenvalue weighted by atomic mass is 10.1. The van der Waals surface area contributed by atoms with Gasteiger partial charge in [-0.25, -0.2) is 9.78 Å². The maximum Gasteiger partial charge on any atom is 0.337 e. The molecule has 0 radical (unpaired) electrons. The van der Waals surface area contributed by atoms with Crippen LogP contribution in [0, 0.1) is 0 Å². The highest BCUT2D eigenvalue weighted by Gasteiger charge is 2.27. The Labute approximate surface area is 117 Å². The molecule has 0 bridgehead atoms. The second-order valence-corrected chi connectivity index (χ2v) is 5.50. The SMILES string of the molecule is CC1CN(c2cc(C(=O)O)c(Cl)cn2)CC(C)N1C. The second-order valence-electron chi connectivity index (χ2n) is 5.10. The average molecular weight is 284 g/mol. The molecular weight excluding hydrogens is 266 g/mol. The van der Waals surface area contributed by atoms with Crippen molar-refractivity contribution in [2.75, 3.05) is 25.0 Å². The van der Waals surface area contributed by atoms with Crippen LogP contribution < -0.4 is 4.90 Å². The van der Waals surface area contributed by atoms with E-state index in [0.717, 1.165) is 13.1 Å². The van der Waals surface area contributed by atoms with E-state index >= 15 is 0 Å². The number of carboxylic acid groups (broad SMARTS) is 1. The first kappa shape index (κ1) is 14.1. The average Bonchev–Trinajstić information content (AvgIpc) is 2.35. The molecule has 1 aliphatic rings. The Morgan fingerprint density at radius 2 is 2.00 bits per heavy atom. The number of rotatable bonds is 2. The summed E-state index contributed by atoms with van der Waals surface area (Å²) in [6.07, 6.45) is 1.41. The molecule has 5 nitrogen and oxygen atoms in total. The van der Waals surface area contributed by atoms with Crippen molar-refractivity contribution in [3.05, 3.63) is 22.8 Å². The molecule has 1 aromatic heterocycles. The zero-order valence-corrected chi connectivity index (χ0v) is 12.1. The number of halogens is 1. The van der Waals surface area contributed by atoms with Crippen molar-refractivity contribution in [1.82, 2.24) is 9.88 Å². The van der Waals surface area contributed by atoms with Gasteiger partial charge in [0.05, 0.1) is 10.6 Å². The minimum absolute atomic E-state index is 0.103. The number of pyridine rings is 1. The van der Waals surface area contributed by atoms with E-state index in [1.807, 2.05) is 0 Å². The van der Waals surface area contributed by atoms with Crippen molar-refractivity contribution < 1.29 is 9.90 Å². The first-order valence-corrected chi connectivity index (χ1v) is 6.63. The van der Waals surface area contributed by atoms with Gasteiger partial charge in [0.1, 0.15) is 5.82 Å². The maximum absolute atomic E-state index is 11.1. The van der Waals surface area contributed by atoms with Crippen LogP contribution in [-0.2, 0) is 0 Å². The van der Waals surface area contributed by atoms with E-state index in [1.165, 1.54) is 6.20 Å². The molecule has 1 saturated heterocycles. The van der Waals surface area contributed by atoms with Gasteiger partial charge in [-0.05, 0) is 27.0 Å². The molecule has 1 N–H and O–H groups in total. The van der Waals surface area contributed by atoms with Gasteiger partial charge in [0.15, 0.2) is 0 Å². The third-order valence-corrected chi connectivity index (χ3v) is 4.06. The zero-order valence-electron chi connectivity index (χ0n) is 11.3. The summed E-state index contributed by atoms with van der Waals surface area (Å²) in [5.74, 6) is -0.350. The van der Waals surface area contributed by atoms with Crippen LogP contribution in [0.2, 0.25) is 5.02 Å². The highest BCUT2D eigenvalue weighted by Crippen LogP contribution is 2.24. The van der Waals surface area contributed by atoms with Crippen molar-refractivity contribution in [1.29, 1.82) is 0 Å². The largest absolute Gasteiger partial charge is 0.478 e. The lowest BCUT2D eigenvalue weighted by Crippen LogP contribution is -2.55. The molecule has 0 spiro atoms. The predicted octanol–water partition coefficient (Wildman–Crippen LogP) is 1.96. The number of carboxylic acids is 1. The summed E-state index contributed by atoms with van der Waals surface area (Å²) < 4.78 is 0. The molecule has 0 amide bonds. The summed E-state index contributed by atoms with van der Waals surface area (Å²) in [7, 11) is 2.10. The minimum atomic E-state index is -1.02. The van der Waals surface area contributed by atoms with Crippen LogP contribution in [0.25, 0.3) is 0 Å². The van der Waals surface area contributed by atoms with Crippen molar-refractivity contribution in [3.63, 3.8) is 0 Å². The fourth-order valence-corrected chi connectivity index (χ4v) is 2.54. The van der Waals surface area contributed by atoms with Crippen molar-refractivity contribution in [2.24, 2.45) is 0 Å². The summed E-state index contributed by atoms with van der Waals surface area (Å²) >= 11 is 5.84. The molecule has 2 rings (SSSR count). The summed E-state index contributed by atoms with van der Waals surface area (Å²) in [5.41, 5.74) is 0.103. The Balaban J connectivity index is 2.27. The molecule has 0 aromatic carbocycles. The van der Waals surface area contributed by atoms with Crippen LogP contribution in [0.4, 0.5) is 5.82 Å². The van der Waals surface area contributed by atoms with Crippen LogP contribution in [0.1, 0.15) is 24.2 Å². The molecule has 2 atom stereocenters. The maximum atomic E-state index is 11.1. The fraction of sp³-hybridized carbons (Fsp3) is 0.538. The van der Waals surface area contributed by atoms with E-state index in [4.69, 9.17) is 16.7 Å². The second kappa shape index (κ2) is 5.35. The molecular formula is C13H18ClN3O2. The van der Waals surface area contributed by atoms with Crippen molar-refractivity contribution in [2.45, 2.75) is 25.9 Å². The van der Waals surface area contributed by atoms with Gasteiger partial charge in [-0.2, -0.15) is 0 Å². The van der Waals surface area contributed by atoms with Crippen LogP contribution in [-0.4, -0.2) is 53.2 Å². The molecule has 104 valence electrons. The van der Waals surface area contributed by atoms with E-state index in [-0.39, 0.29) is 10.6 Å². The highest BCUT2D eigenvalue weighted by molar-refractivity contribution is 6.33. The molecule has 19 heavy (non-hydrogen) atoms. The lowest BCUT2D eigenvalue weighted by molar-refractivity contribution is 0.0697. The topological polar surface area (TPSA) is 56.7 Å². The van der Waals surface area contributed by atoms with Gasteiger partial charge in [-0.3, -0.25) is 4.90 Å². The highest BCUT2D eigenvalue weighted by atomic mass is 35.5.